The van der Waals surface area contributed by atoms with E-state index in [4.69, 9.17) is 0 Å². The molecule has 0 aliphatic rings. The van der Waals surface area contributed by atoms with Crippen LogP contribution in [0.3, 0.4) is 0 Å². The van der Waals surface area contributed by atoms with Crippen LogP contribution in [0.4, 0.5) is 0 Å². The molecule has 0 radical (unpaired) electrons. The lowest BCUT2D eigenvalue weighted by molar-refractivity contribution is 0.0160. The van der Waals surface area contributed by atoms with E-state index in [0.717, 1.165) is 13.0 Å². The fraction of sp³-hybridized carbons (Fsp3) is 1.00. The van der Waals surface area contributed by atoms with Crippen LogP contribution in [0, 0.1) is 0 Å². The third kappa shape index (κ3) is 4.38. The molecule has 0 saturated carbocycles. The van der Waals surface area contributed by atoms with Crippen molar-refractivity contribution in [2.24, 2.45) is 0 Å². The Kier molecular flexibility index (Phi) is 4.04. The lowest BCUT2D eigenvalue weighted by atomic mass is 10.0. The van der Waals surface area contributed by atoms with Crippen molar-refractivity contribution in [3.8, 4) is 0 Å². The summed E-state index contributed by atoms with van der Waals surface area (Å²) >= 11 is 0. The summed E-state index contributed by atoms with van der Waals surface area (Å²) in [4.78, 5) is 2.16. The summed E-state index contributed by atoms with van der Waals surface area (Å²) < 4.78 is 0. The maximum Gasteiger partial charge on any atom is 0.0743 e. The van der Waals surface area contributed by atoms with Gasteiger partial charge in [0.2, 0.25) is 0 Å². The molecular formula is C9H23NO. The minimum Gasteiger partial charge on any atom is -0.389 e. The maximum atomic E-state index is 9.70. The molecule has 11 heavy (non-hydrogen) atoms. The Morgan fingerprint density at radius 3 is 2.27 bits per heavy atom. The zero-order valence-electron chi connectivity index (χ0n) is 8.39. The van der Waals surface area contributed by atoms with Gasteiger partial charge in [-0.3, -0.25) is 0 Å². The summed E-state index contributed by atoms with van der Waals surface area (Å²) in [5, 5.41) is 9.70. The summed E-state index contributed by atoms with van der Waals surface area (Å²) in [7, 11) is 2.04. The summed E-state index contributed by atoms with van der Waals surface area (Å²) in [5.74, 6) is 0. The number of likely N-dealkylation sites (N-methyl/N-ethyl adjacent to an activating group) is 1. The molecular weight excluding hydrogens is 138 g/mol. The van der Waals surface area contributed by atoms with Crippen molar-refractivity contribution in [3.05, 3.63) is 0 Å². The molecule has 0 aliphatic carbocycles. The van der Waals surface area contributed by atoms with Gasteiger partial charge >= 0.3 is 0 Å². The average Bonchev–Trinajstić information content (AvgIpc) is 1.87. The predicted molar refractivity (Wildman–Crippen MR) is 50.8 cm³/mol. The summed E-state index contributed by atoms with van der Waals surface area (Å²) in [6.45, 7) is 8.90. The summed E-state index contributed by atoms with van der Waals surface area (Å²) in [6.07, 6.45) is 0.810. The van der Waals surface area contributed by atoms with Crippen molar-refractivity contribution in [1.29, 1.82) is 0 Å². The Balaban J connectivity index is 0. The van der Waals surface area contributed by atoms with E-state index in [9.17, 15) is 5.11 Å². The van der Waals surface area contributed by atoms with Gasteiger partial charge < -0.3 is 10.0 Å². The molecule has 1 N–H and O–H groups in total. The third-order valence-corrected chi connectivity index (χ3v) is 2.23. The van der Waals surface area contributed by atoms with Gasteiger partial charge in [-0.1, -0.05) is 6.92 Å². The Bertz CT molecular complexity index is 115. The van der Waals surface area contributed by atoms with E-state index < -0.39 is 5.60 Å². The van der Waals surface area contributed by atoms with Gasteiger partial charge in [-0.15, -0.1) is 0 Å². The standard InChI is InChI=1S/C9H21NO.H2/c1-6-9(4,11)7-10(5)8(2)3;/h8,11H,6-7H2,1-5H3;1H/t9-;/m1./s1. The lowest BCUT2D eigenvalue weighted by Crippen LogP contribution is -2.41. The predicted octanol–water partition coefficient (Wildman–Crippen LogP) is 1.73. The van der Waals surface area contributed by atoms with Crippen LogP contribution in [0.25, 0.3) is 0 Å². The molecule has 0 heterocycles. The second-order valence-corrected chi connectivity index (χ2v) is 3.86. The van der Waals surface area contributed by atoms with Crippen molar-refractivity contribution in [1.82, 2.24) is 4.90 Å². The van der Waals surface area contributed by atoms with E-state index in [0.29, 0.717) is 6.04 Å². The first-order chi connectivity index (χ1) is 4.89. The van der Waals surface area contributed by atoms with E-state index in [2.05, 4.69) is 18.7 Å². The number of aliphatic hydroxyl groups is 1. The molecule has 1 atom stereocenters. The van der Waals surface area contributed by atoms with Gasteiger partial charge in [0.05, 0.1) is 5.60 Å². The number of hydrogen-bond donors (Lipinski definition) is 1. The molecule has 2 heteroatoms. The molecule has 2 nitrogen and oxygen atoms in total. The van der Waals surface area contributed by atoms with E-state index in [1.807, 2.05) is 20.9 Å². The summed E-state index contributed by atoms with van der Waals surface area (Å²) in [5.41, 5.74) is -0.529. The van der Waals surface area contributed by atoms with Gasteiger partial charge in [0.1, 0.15) is 0 Å². The van der Waals surface area contributed by atoms with E-state index in [1.165, 1.54) is 0 Å². The van der Waals surface area contributed by atoms with Crippen LogP contribution >= 0.6 is 0 Å². The highest BCUT2D eigenvalue weighted by atomic mass is 16.3. The van der Waals surface area contributed by atoms with Gasteiger partial charge in [-0.25, -0.2) is 0 Å². The second kappa shape index (κ2) is 4.07. The lowest BCUT2D eigenvalue weighted by Gasteiger charge is -2.30. The van der Waals surface area contributed by atoms with Crippen LogP contribution in [0.15, 0.2) is 0 Å². The maximum absolute atomic E-state index is 9.70. The van der Waals surface area contributed by atoms with Crippen LogP contribution in [-0.2, 0) is 0 Å². The van der Waals surface area contributed by atoms with Crippen molar-refractivity contribution < 1.29 is 6.53 Å². The fourth-order valence-corrected chi connectivity index (χ4v) is 0.832. The topological polar surface area (TPSA) is 23.5 Å². The minimum absolute atomic E-state index is 0. The SMILES string of the molecule is CC[C@@](C)(O)CN(C)C(C)C.[HH]. The molecule has 0 spiro atoms. The molecule has 0 saturated heterocycles. The molecule has 0 aliphatic heterocycles. The molecule has 0 fully saturated rings. The first kappa shape index (κ1) is 10.9. The molecule has 0 aromatic carbocycles. The second-order valence-electron chi connectivity index (χ2n) is 3.86. The van der Waals surface area contributed by atoms with Gasteiger partial charge in [0.25, 0.3) is 0 Å². The van der Waals surface area contributed by atoms with Gasteiger partial charge in [-0.2, -0.15) is 0 Å². The molecule has 0 unspecified atom stereocenters. The first-order valence-electron chi connectivity index (χ1n) is 4.31. The zero-order chi connectivity index (χ0) is 9.07. The number of nitrogens with zero attached hydrogens (tertiary/aromatic N) is 1. The molecule has 70 valence electrons. The van der Waals surface area contributed by atoms with Gasteiger partial charge in [0.15, 0.2) is 0 Å². The monoisotopic (exact) mass is 161 g/mol. The summed E-state index contributed by atoms with van der Waals surface area (Å²) in [6, 6.07) is 0.507. The van der Waals surface area contributed by atoms with Crippen molar-refractivity contribution in [2.75, 3.05) is 13.6 Å². The first-order valence-corrected chi connectivity index (χ1v) is 4.31. The van der Waals surface area contributed by atoms with E-state index in [1.54, 1.807) is 0 Å². The van der Waals surface area contributed by atoms with Crippen molar-refractivity contribution >= 4 is 0 Å². The quantitative estimate of drug-likeness (QED) is 0.679. The van der Waals surface area contributed by atoms with E-state index >= 15 is 0 Å². The normalized spacial score (nSPS) is 17.5. The zero-order valence-corrected chi connectivity index (χ0v) is 8.39. The highest BCUT2D eigenvalue weighted by Gasteiger charge is 2.20. The van der Waals surface area contributed by atoms with Crippen LogP contribution in [0.1, 0.15) is 35.5 Å². The van der Waals surface area contributed by atoms with Gasteiger partial charge in [0, 0.05) is 14.0 Å². The number of rotatable bonds is 4. The minimum atomic E-state index is -0.529. The Morgan fingerprint density at radius 1 is 1.55 bits per heavy atom. The Hall–Kier alpha value is -0.0800. The number of hydrogen-bond acceptors (Lipinski definition) is 2. The highest BCUT2D eigenvalue weighted by Crippen LogP contribution is 2.10. The van der Waals surface area contributed by atoms with Crippen LogP contribution in [-0.4, -0.2) is 35.2 Å². The molecule has 0 aromatic heterocycles. The van der Waals surface area contributed by atoms with Crippen LogP contribution in [0.5, 0.6) is 0 Å². The molecule has 0 rings (SSSR count). The van der Waals surface area contributed by atoms with E-state index in [-0.39, 0.29) is 1.43 Å². The Morgan fingerprint density at radius 2 is 2.00 bits per heavy atom. The smallest absolute Gasteiger partial charge is 0.0743 e. The largest absolute Gasteiger partial charge is 0.389 e. The van der Waals surface area contributed by atoms with Crippen LogP contribution in [0.2, 0.25) is 0 Å². The third-order valence-electron chi connectivity index (χ3n) is 2.23. The van der Waals surface area contributed by atoms with Crippen molar-refractivity contribution in [2.45, 2.75) is 45.8 Å². The average molecular weight is 161 g/mol. The molecule has 0 aromatic rings. The van der Waals surface area contributed by atoms with Gasteiger partial charge in [-0.05, 0) is 34.2 Å². The molecule has 0 amide bonds. The van der Waals surface area contributed by atoms with Crippen LogP contribution < -0.4 is 0 Å². The highest BCUT2D eigenvalue weighted by molar-refractivity contribution is 4.75. The Labute approximate surface area is 71.7 Å². The van der Waals surface area contributed by atoms with Crippen molar-refractivity contribution in [3.63, 3.8) is 0 Å². The molecule has 0 bridgehead atoms. The fourth-order valence-electron chi connectivity index (χ4n) is 0.832.